The summed E-state index contributed by atoms with van der Waals surface area (Å²) >= 11 is 0. The Morgan fingerprint density at radius 1 is 1.03 bits per heavy atom. The standard InChI is InChI=1S/C22H25FN2O4/c1-14(2)22(27)25(12-16-4-7-18(23)8-5-16)15(3)21(26)24-11-17-6-9-19-20(10-17)29-13-28-19/h4-10,14-15H,11-13H2,1-3H3,(H,24,26). The Bertz CT molecular complexity index is 883. The zero-order valence-corrected chi connectivity index (χ0v) is 16.8. The van der Waals surface area contributed by atoms with E-state index in [0.29, 0.717) is 18.0 Å². The average molecular weight is 400 g/mol. The van der Waals surface area contributed by atoms with Gasteiger partial charge in [0.25, 0.3) is 0 Å². The van der Waals surface area contributed by atoms with E-state index in [1.165, 1.54) is 17.0 Å². The number of hydrogen-bond donors (Lipinski definition) is 1. The number of ether oxygens (including phenoxy) is 2. The third-order valence-electron chi connectivity index (χ3n) is 4.79. The van der Waals surface area contributed by atoms with Crippen molar-refractivity contribution in [3.05, 3.63) is 59.4 Å². The van der Waals surface area contributed by atoms with Crippen LogP contribution in [0.2, 0.25) is 0 Å². The summed E-state index contributed by atoms with van der Waals surface area (Å²) in [7, 11) is 0. The minimum atomic E-state index is -0.677. The van der Waals surface area contributed by atoms with E-state index in [9.17, 15) is 14.0 Å². The molecule has 1 atom stereocenters. The molecule has 2 amide bonds. The van der Waals surface area contributed by atoms with Gasteiger partial charge in [-0.1, -0.05) is 32.0 Å². The second kappa shape index (κ2) is 8.94. The summed E-state index contributed by atoms with van der Waals surface area (Å²) < 4.78 is 23.8. The van der Waals surface area contributed by atoms with Gasteiger partial charge in [0.15, 0.2) is 11.5 Å². The van der Waals surface area contributed by atoms with Crippen LogP contribution in [0.4, 0.5) is 4.39 Å². The Morgan fingerprint density at radius 3 is 2.38 bits per heavy atom. The number of amides is 2. The number of carbonyl (C=O) groups excluding carboxylic acids is 2. The van der Waals surface area contributed by atoms with Gasteiger partial charge in [-0.3, -0.25) is 9.59 Å². The van der Waals surface area contributed by atoms with Crippen molar-refractivity contribution >= 4 is 11.8 Å². The van der Waals surface area contributed by atoms with E-state index < -0.39 is 6.04 Å². The maximum absolute atomic E-state index is 13.2. The first kappa shape index (κ1) is 20.6. The van der Waals surface area contributed by atoms with Gasteiger partial charge < -0.3 is 19.7 Å². The summed E-state index contributed by atoms with van der Waals surface area (Å²) in [6, 6.07) is 10.7. The van der Waals surface area contributed by atoms with Gasteiger partial charge in [-0.05, 0) is 42.3 Å². The maximum Gasteiger partial charge on any atom is 0.242 e. The summed E-state index contributed by atoms with van der Waals surface area (Å²) in [6.45, 7) is 6.00. The summed E-state index contributed by atoms with van der Waals surface area (Å²) in [5.74, 6) is 0.322. The van der Waals surface area contributed by atoms with Crippen LogP contribution in [0.25, 0.3) is 0 Å². The zero-order valence-electron chi connectivity index (χ0n) is 16.8. The molecule has 1 heterocycles. The van der Waals surface area contributed by atoms with E-state index in [-0.39, 0.29) is 36.9 Å². The normalized spacial score (nSPS) is 13.3. The summed E-state index contributed by atoms with van der Waals surface area (Å²) in [5, 5.41) is 2.87. The molecule has 1 unspecified atom stereocenters. The lowest BCUT2D eigenvalue weighted by Crippen LogP contribution is -2.48. The van der Waals surface area contributed by atoms with E-state index in [1.807, 2.05) is 12.1 Å². The highest BCUT2D eigenvalue weighted by molar-refractivity contribution is 5.88. The molecular weight excluding hydrogens is 375 g/mol. The van der Waals surface area contributed by atoms with Crippen molar-refractivity contribution in [2.75, 3.05) is 6.79 Å². The number of halogens is 1. The Morgan fingerprint density at radius 2 is 1.69 bits per heavy atom. The predicted molar refractivity (Wildman–Crippen MR) is 106 cm³/mol. The SMILES string of the molecule is CC(C)C(=O)N(Cc1ccc(F)cc1)C(C)C(=O)NCc1ccc2c(c1)OCO2. The van der Waals surface area contributed by atoms with Crippen molar-refractivity contribution in [3.63, 3.8) is 0 Å². The van der Waals surface area contributed by atoms with Crippen LogP contribution in [-0.4, -0.2) is 29.5 Å². The minimum Gasteiger partial charge on any atom is -0.454 e. The number of fused-ring (bicyclic) bond motifs is 1. The van der Waals surface area contributed by atoms with Crippen LogP contribution in [0.5, 0.6) is 11.5 Å². The summed E-state index contributed by atoms with van der Waals surface area (Å²) in [6.07, 6.45) is 0. The minimum absolute atomic E-state index is 0.139. The number of carbonyl (C=O) groups is 2. The molecule has 6 nitrogen and oxygen atoms in total. The second-order valence-electron chi connectivity index (χ2n) is 7.33. The molecule has 1 N–H and O–H groups in total. The fourth-order valence-electron chi connectivity index (χ4n) is 3.05. The third-order valence-corrected chi connectivity index (χ3v) is 4.79. The predicted octanol–water partition coefficient (Wildman–Crippen LogP) is 3.24. The van der Waals surface area contributed by atoms with Crippen molar-refractivity contribution in [2.24, 2.45) is 5.92 Å². The Labute approximate surface area is 169 Å². The van der Waals surface area contributed by atoms with Crippen LogP contribution >= 0.6 is 0 Å². The molecule has 0 aromatic heterocycles. The first-order valence-electron chi connectivity index (χ1n) is 9.56. The highest BCUT2D eigenvalue weighted by atomic mass is 19.1. The molecule has 0 bridgehead atoms. The van der Waals surface area contributed by atoms with E-state index in [1.54, 1.807) is 39.0 Å². The van der Waals surface area contributed by atoms with Crippen molar-refractivity contribution < 1.29 is 23.5 Å². The molecule has 0 aliphatic carbocycles. The summed E-state index contributed by atoms with van der Waals surface area (Å²) in [4.78, 5) is 27.0. The topological polar surface area (TPSA) is 67.9 Å². The first-order chi connectivity index (χ1) is 13.8. The molecule has 0 saturated heterocycles. The molecule has 0 radical (unpaired) electrons. The number of rotatable bonds is 7. The Balaban J connectivity index is 1.67. The van der Waals surface area contributed by atoms with E-state index in [2.05, 4.69) is 5.32 Å². The van der Waals surface area contributed by atoms with Gasteiger partial charge in [0.05, 0.1) is 0 Å². The van der Waals surface area contributed by atoms with Crippen LogP contribution in [0.1, 0.15) is 31.9 Å². The molecule has 0 fully saturated rings. The Hall–Kier alpha value is -3.09. The van der Waals surface area contributed by atoms with Crippen molar-refractivity contribution in [1.82, 2.24) is 10.2 Å². The van der Waals surface area contributed by atoms with Crippen LogP contribution in [0, 0.1) is 11.7 Å². The quantitative estimate of drug-likeness (QED) is 0.775. The molecule has 0 spiro atoms. The molecule has 1 aliphatic rings. The molecular formula is C22H25FN2O4. The number of hydrogen-bond acceptors (Lipinski definition) is 4. The number of benzene rings is 2. The smallest absolute Gasteiger partial charge is 0.242 e. The number of nitrogens with one attached hydrogen (secondary N) is 1. The van der Waals surface area contributed by atoms with Gasteiger partial charge in [-0.15, -0.1) is 0 Å². The van der Waals surface area contributed by atoms with Gasteiger partial charge in [0.1, 0.15) is 11.9 Å². The highest BCUT2D eigenvalue weighted by Crippen LogP contribution is 2.32. The lowest BCUT2D eigenvalue weighted by atomic mass is 10.1. The molecule has 29 heavy (non-hydrogen) atoms. The molecule has 7 heteroatoms. The first-order valence-corrected chi connectivity index (χ1v) is 9.56. The van der Waals surface area contributed by atoms with Crippen LogP contribution in [-0.2, 0) is 22.7 Å². The lowest BCUT2D eigenvalue weighted by Gasteiger charge is -2.30. The van der Waals surface area contributed by atoms with Crippen LogP contribution in [0.3, 0.4) is 0 Å². The van der Waals surface area contributed by atoms with Gasteiger partial charge in [0.2, 0.25) is 18.6 Å². The van der Waals surface area contributed by atoms with Crippen molar-refractivity contribution in [2.45, 2.75) is 39.9 Å². The molecule has 1 aliphatic heterocycles. The summed E-state index contributed by atoms with van der Waals surface area (Å²) in [5.41, 5.74) is 1.63. The molecule has 3 rings (SSSR count). The molecule has 2 aromatic carbocycles. The fourth-order valence-corrected chi connectivity index (χ4v) is 3.05. The van der Waals surface area contributed by atoms with Gasteiger partial charge in [0, 0.05) is 19.0 Å². The van der Waals surface area contributed by atoms with Gasteiger partial charge >= 0.3 is 0 Å². The van der Waals surface area contributed by atoms with Gasteiger partial charge in [-0.2, -0.15) is 0 Å². The molecule has 2 aromatic rings. The van der Waals surface area contributed by atoms with Gasteiger partial charge in [-0.25, -0.2) is 4.39 Å². The van der Waals surface area contributed by atoms with Crippen LogP contribution in [0.15, 0.2) is 42.5 Å². The largest absolute Gasteiger partial charge is 0.454 e. The average Bonchev–Trinajstić information content (AvgIpc) is 3.18. The fraction of sp³-hybridized carbons (Fsp3) is 0.364. The lowest BCUT2D eigenvalue weighted by molar-refractivity contribution is -0.143. The van der Waals surface area contributed by atoms with Crippen molar-refractivity contribution in [1.29, 1.82) is 0 Å². The monoisotopic (exact) mass is 400 g/mol. The van der Waals surface area contributed by atoms with E-state index in [0.717, 1.165) is 11.1 Å². The highest BCUT2D eigenvalue weighted by Gasteiger charge is 2.27. The maximum atomic E-state index is 13.2. The second-order valence-corrected chi connectivity index (χ2v) is 7.33. The zero-order chi connectivity index (χ0) is 21.0. The van der Waals surface area contributed by atoms with E-state index in [4.69, 9.17) is 9.47 Å². The molecule has 154 valence electrons. The van der Waals surface area contributed by atoms with Crippen LogP contribution < -0.4 is 14.8 Å². The molecule has 0 saturated carbocycles. The number of nitrogens with zero attached hydrogens (tertiary/aromatic N) is 1. The van der Waals surface area contributed by atoms with Crippen molar-refractivity contribution in [3.8, 4) is 11.5 Å². The van der Waals surface area contributed by atoms with E-state index >= 15 is 0 Å². The Kier molecular flexibility index (Phi) is 6.36. The third kappa shape index (κ3) is 5.04.